The fourth-order valence-electron chi connectivity index (χ4n) is 2.85. The lowest BCUT2D eigenvalue weighted by molar-refractivity contribution is -0.143. The van der Waals surface area contributed by atoms with E-state index in [0.717, 1.165) is 12.8 Å². The summed E-state index contributed by atoms with van der Waals surface area (Å²) in [6, 6.07) is 0. The van der Waals surface area contributed by atoms with Crippen LogP contribution in [0.3, 0.4) is 0 Å². The second kappa shape index (κ2) is 22.2. The van der Waals surface area contributed by atoms with Crippen LogP contribution in [0.4, 0.5) is 0 Å². The molecule has 0 fully saturated rings. The number of hydrogen-bond acceptors (Lipinski definition) is 4. The summed E-state index contributed by atoms with van der Waals surface area (Å²) in [6.45, 7) is 3.93. The highest BCUT2D eigenvalue weighted by molar-refractivity contribution is 5.69. The summed E-state index contributed by atoms with van der Waals surface area (Å²) in [5.41, 5.74) is 0. The number of carbonyl (C=O) groups is 1. The summed E-state index contributed by atoms with van der Waals surface area (Å²) >= 11 is 0. The van der Waals surface area contributed by atoms with Gasteiger partial charge in [0.15, 0.2) is 0 Å². The van der Waals surface area contributed by atoms with Crippen LogP contribution >= 0.6 is 0 Å². The molecule has 0 aliphatic heterocycles. The molecule has 0 bridgehead atoms. The summed E-state index contributed by atoms with van der Waals surface area (Å²) in [5.74, 6) is -0.103. The van der Waals surface area contributed by atoms with E-state index in [1.807, 2.05) is 0 Å². The van der Waals surface area contributed by atoms with Gasteiger partial charge in [-0.15, -0.1) is 0 Å². The SMILES string of the molecule is CCCCCCCC/C=C/CCCCCCCC(=O)OCCNCCO. The van der Waals surface area contributed by atoms with Crippen LogP contribution < -0.4 is 5.32 Å². The van der Waals surface area contributed by atoms with Gasteiger partial charge >= 0.3 is 5.97 Å². The van der Waals surface area contributed by atoms with Crippen molar-refractivity contribution in [3.05, 3.63) is 12.2 Å². The molecule has 4 heteroatoms. The Kier molecular flexibility index (Phi) is 21.4. The van der Waals surface area contributed by atoms with Gasteiger partial charge in [0.2, 0.25) is 0 Å². The van der Waals surface area contributed by atoms with Gasteiger partial charge in [0.1, 0.15) is 6.61 Å². The number of allylic oxidation sites excluding steroid dienone is 2. The first kappa shape index (κ1) is 25.1. The Hall–Kier alpha value is -0.870. The Morgan fingerprint density at radius 2 is 1.42 bits per heavy atom. The van der Waals surface area contributed by atoms with Crippen molar-refractivity contribution in [3.8, 4) is 0 Å². The van der Waals surface area contributed by atoms with E-state index in [2.05, 4.69) is 24.4 Å². The average Bonchev–Trinajstić information content (AvgIpc) is 2.64. The van der Waals surface area contributed by atoms with Crippen molar-refractivity contribution in [2.45, 2.75) is 96.8 Å². The predicted molar refractivity (Wildman–Crippen MR) is 110 cm³/mol. The van der Waals surface area contributed by atoms with Crippen molar-refractivity contribution in [2.24, 2.45) is 0 Å². The largest absolute Gasteiger partial charge is 0.464 e. The van der Waals surface area contributed by atoms with Gasteiger partial charge in [-0.05, 0) is 32.1 Å². The summed E-state index contributed by atoms with van der Waals surface area (Å²) in [7, 11) is 0. The second-order valence-corrected chi connectivity index (χ2v) is 7.03. The van der Waals surface area contributed by atoms with E-state index in [9.17, 15) is 4.79 Å². The standard InChI is InChI=1S/C22H43NO3/c1-2-3-4-5-6-7-8-9-10-11-12-13-14-15-16-17-22(25)26-21-19-23-18-20-24/h9-10,23-24H,2-8,11-21H2,1H3/b10-9+. The van der Waals surface area contributed by atoms with Crippen molar-refractivity contribution in [2.75, 3.05) is 26.3 Å². The Morgan fingerprint density at radius 1 is 0.846 bits per heavy atom. The van der Waals surface area contributed by atoms with Crippen LogP contribution in [0.2, 0.25) is 0 Å². The van der Waals surface area contributed by atoms with Gasteiger partial charge in [-0.1, -0.05) is 70.4 Å². The molecule has 0 radical (unpaired) electrons. The zero-order valence-electron chi connectivity index (χ0n) is 17.1. The smallest absolute Gasteiger partial charge is 0.305 e. The third kappa shape index (κ3) is 21.2. The molecule has 0 spiro atoms. The second-order valence-electron chi connectivity index (χ2n) is 7.03. The molecule has 0 amide bonds. The zero-order valence-corrected chi connectivity index (χ0v) is 17.1. The summed E-state index contributed by atoms with van der Waals surface area (Å²) < 4.78 is 5.12. The van der Waals surface area contributed by atoms with Crippen molar-refractivity contribution < 1.29 is 14.6 Å². The number of hydrogen-bond donors (Lipinski definition) is 2. The number of ether oxygens (including phenoxy) is 1. The first-order valence-electron chi connectivity index (χ1n) is 10.9. The lowest BCUT2D eigenvalue weighted by Gasteiger charge is -2.05. The van der Waals surface area contributed by atoms with Gasteiger partial charge in [0.25, 0.3) is 0 Å². The molecule has 0 atom stereocenters. The third-order valence-corrected chi connectivity index (χ3v) is 4.47. The van der Waals surface area contributed by atoms with E-state index in [4.69, 9.17) is 9.84 Å². The molecular formula is C22H43NO3. The van der Waals surface area contributed by atoms with E-state index in [1.165, 1.54) is 70.6 Å². The Bertz CT molecular complexity index is 319. The van der Waals surface area contributed by atoms with Crippen LogP contribution in [0.25, 0.3) is 0 Å². The van der Waals surface area contributed by atoms with Crippen LogP contribution in [0, 0.1) is 0 Å². The van der Waals surface area contributed by atoms with E-state index in [-0.39, 0.29) is 12.6 Å². The first-order chi connectivity index (χ1) is 12.8. The molecule has 2 N–H and O–H groups in total. The fraction of sp³-hybridized carbons (Fsp3) is 0.864. The number of aliphatic hydroxyl groups is 1. The molecule has 4 nitrogen and oxygen atoms in total. The lowest BCUT2D eigenvalue weighted by atomic mass is 10.1. The Labute approximate surface area is 161 Å². The molecule has 0 unspecified atom stereocenters. The van der Waals surface area contributed by atoms with Crippen LogP contribution in [0.15, 0.2) is 12.2 Å². The Morgan fingerprint density at radius 3 is 2.04 bits per heavy atom. The van der Waals surface area contributed by atoms with E-state index >= 15 is 0 Å². The van der Waals surface area contributed by atoms with Gasteiger partial charge in [-0.2, -0.15) is 0 Å². The number of nitrogens with one attached hydrogen (secondary N) is 1. The topological polar surface area (TPSA) is 58.6 Å². The Balaban J connectivity index is 3.18. The van der Waals surface area contributed by atoms with Gasteiger partial charge in [0.05, 0.1) is 6.61 Å². The van der Waals surface area contributed by atoms with Crippen LogP contribution in [-0.4, -0.2) is 37.4 Å². The molecule has 0 aromatic carbocycles. The highest BCUT2D eigenvalue weighted by atomic mass is 16.5. The normalized spacial score (nSPS) is 11.3. The average molecular weight is 370 g/mol. The number of rotatable bonds is 20. The molecule has 0 aliphatic carbocycles. The van der Waals surface area contributed by atoms with Gasteiger partial charge < -0.3 is 15.2 Å². The number of carbonyl (C=O) groups excluding carboxylic acids is 1. The molecule has 0 saturated heterocycles. The van der Waals surface area contributed by atoms with Crippen LogP contribution in [0.1, 0.15) is 96.8 Å². The molecule has 0 aromatic rings. The number of esters is 1. The van der Waals surface area contributed by atoms with Crippen molar-refractivity contribution in [1.82, 2.24) is 5.32 Å². The van der Waals surface area contributed by atoms with E-state index in [0.29, 0.717) is 26.1 Å². The minimum absolute atomic E-state index is 0.103. The van der Waals surface area contributed by atoms with E-state index in [1.54, 1.807) is 0 Å². The van der Waals surface area contributed by atoms with Crippen LogP contribution in [-0.2, 0) is 9.53 Å². The molecule has 0 saturated carbocycles. The first-order valence-corrected chi connectivity index (χ1v) is 10.9. The highest BCUT2D eigenvalue weighted by Crippen LogP contribution is 2.10. The van der Waals surface area contributed by atoms with Gasteiger partial charge in [0, 0.05) is 19.5 Å². The van der Waals surface area contributed by atoms with Crippen LogP contribution in [0.5, 0.6) is 0 Å². The van der Waals surface area contributed by atoms with Gasteiger partial charge in [-0.25, -0.2) is 0 Å². The fourth-order valence-corrected chi connectivity index (χ4v) is 2.85. The monoisotopic (exact) mass is 369 g/mol. The maximum atomic E-state index is 11.5. The molecule has 154 valence electrons. The summed E-state index contributed by atoms with van der Waals surface area (Å²) in [6.07, 6.45) is 21.6. The number of aliphatic hydroxyl groups excluding tert-OH is 1. The summed E-state index contributed by atoms with van der Waals surface area (Å²) in [4.78, 5) is 11.5. The molecule has 0 aliphatic rings. The zero-order chi connectivity index (χ0) is 19.1. The van der Waals surface area contributed by atoms with Crippen molar-refractivity contribution >= 4 is 5.97 Å². The summed E-state index contributed by atoms with van der Waals surface area (Å²) in [5, 5.41) is 11.6. The molecule has 0 heterocycles. The maximum absolute atomic E-state index is 11.5. The maximum Gasteiger partial charge on any atom is 0.305 e. The molecule has 26 heavy (non-hydrogen) atoms. The van der Waals surface area contributed by atoms with Crippen molar-refractivity contribution in [1.29, 1.82) is 0 Å². The number of unbranched alkanes of at least 4 members (excludes halogenated alkanes) is 11. The van der Waals surface area contributed by atoms with Gasteiger partial charge in [-0.3, -0.25) is 4.79 Å². The minimum atomic E-state index is -0.103. The molecule has 0 rings (SSSR count). The van der Waals surface area contributed by atoms with E-state index < -0.39 is 0 Å². The quantitative estimate of drug-likeness (QED) is 0.177. The van der Waals surface area contributed by atoms with Crippen molar-refractivity contribution in [3.63, 3.8) is 0 Å². The molecular weight excluding hydrogens is 326 g/mol. The minimum Gasteiger partial charge on any atom is -0.464 e. The third-order valence-electron chi connectivity index (χ3n) is 4.47. The highest BCUT2D eigenvalue weighted by Gasteiger charge is 2.01. The lowest BCUT2D eigenvalue weighted by Crippen LogP contribution is -2.24. The molecule has 0 aromatic heterocycles. The predicted octanol–water partition coefficient (Wildman–Crippen LogP) is 5.15.